The first kappa shape index (κ1) is 7.36. The van der Waals surface area contributed by atoms with Crippen LogP contribution in [0.1, 0.15) is 23.2 Å². The molecular weight excluding hydrogens is 160 g/mol. The summed E-state index contributed by atoms with van der Waals surface area (Å²) in [5, 5.41) is 0. The average Bonchev–Trinajstić information content (AvgIpc) is 2.80. The first-order valence-corrected chi connectivity index (χ1v) is 3.73. The maximum absolute atomic E-state index is 10.3. The number of carbonyl (C=O) groups is 1. The molecule has 1 aromatic heterocycles. The van der Waals surface area contributed by atoms with Gasteiger partial charge in [0.15, 0.2) is 12.0 Å². The number of carbonyl (C=O) groups excluding carboxylic acids is 1. The maximum Gasteiger partial charge on any atom is 0.219 e. The molecule has 2 heterocycles. The van der Waals surface area contributed by atoms with E-state index in [9.17, 15) is 4.79 Å². The molecule has 1 aromatic rings. The summed E-state index contributed by atoms with van der Waals surface area (Å²) >= 11 is 0. The highest BCUT2D eigenvalue weighted by Gasteiger charge is 2.35. The van der Waals surface area contributed by atoms with Crippen LogP contribution in [0.4, 0.5) is 0 Å². The number of hydrogen-bond acceptors (Lipinski definition) is 4. The predicted octanol–water partition coefficient (Wildman–Crippen LogP) is 1.73. The van der Waals surface area contributed by atoms with Crippen LogP contribution in [0.5, 0.6) is 11.5 Å². The lowest BCUT2D eigenvalue weighted by Crippen LogP contribution is -1.90. The monoisotopic (exact) mass is 168 g/mol. The molecule has 1 aliphatic rings. The summed E-state index contributed by atoms with van der Waals surface area (Å²) in [7, 11) is 0. The van der Waals surface area contributed by atoms with Gasteiger partial charge in [-0.05, 0) is 6.92 Å². The van der Waals surface area contributed by atoms with Gasteiger partial charge in [-0.2, -0.15) is 0 Å². The molecule has 0 aromatic carbocycles. The van der Waals surface area contributed by atoms with Gasteiger partial charge < -0.3 is 13.9 Å². The van der Waals surface area contributed by atoms with Crippen molar-refractivity contribution in [2.24, 2.45) is 0 Å². The van der Waals surface area contributed by atoms with Crippen LogP contribution >= 0.6 is 0 Å². The first-order valence-electron chi connectivity index (χ1n) is 3.73. The lowest BCUT2D eigenvalue weighted by atomic mass is 10.4. The molecule has 0 amide bonds. The Morgan fingerprint density at radius 2 is 2.33 bits per heavy atom. The molecule has 2 rings (SSSR count). The van der Waals surface area contributed by atoms with Gasteiger partial charge in [0, 0.05) is 6.61 Å². The summed E-state index contributed by atoms with van der Waals surface area (Å²) in [6.45, 7) is 2.88. The van der Waals surface area contributed by atoms with Crippen LogP contribution in [0, 0.1) is 0 Å². The quantitative estimate of drug-likeness (QED) is 0.515. The van der Waals surface area contributed by atoms with Crippen molar-refractivity contribution in [3.63, 3.8) is 0 Å². The Hall–Kier alpha value is -1.29. The Kier molecular flexibility index (Phi) is 1.62. The lowest BCUT2D eigenvalue weighted by Gasteiger charge is -1.96. The van der Waals surface area contributed by atoms with Gasteiger partial charge in [-0.1, -0.05) is 0 Å². The number of hydrogen-bond donors (Lipinski definition) is 0. The average molecular weight is 168 g/mol. The molecule has 64 valence electrons. The van der Waals surface area contributed by atoms with Gasteiger partial charge in [-0.25, -0.2) is 0 Å². The Morgan fingerprint density at radius 1 is 1.50 bits per heavy atom. The second-order valence-corrected chi connectivity index (χ2v) is 2.40. The third-order valence-electron chi connectivity index (χ3n) is 1.62. The topological polar surface area (TPSA) is 52.0 Å². The molecule has 12 heavy (non-hydrogen) atoms. The van der Waals surface area contributed by atoms with Gasteiger partial charge in [0.1, 0.15) is 6.61 Å². The zero-order valence-corrected chi connectivity index (χ0v) is 6.62. The minimum Gasteiger partial charge on any atom is -0.448 e. The van der Waals surface area contributed by atoms with Crippen LogP contribution in [0.3, 0.4) is 0 Å². The number of furan rings is 1. The predicted molar refractivity (Wildman–Crippen MR) is 39.5 cm³/mol. The number of fused-ring (bicyclic) bond motifs is 1. The third-order valence-corrected chi connectivity index (χ3v) is 1.62. The van der Waals surface area contributed by atoms with E-state index in [0.717, 1.165) is 0 Å². The van der Waals surface area contributed by atoms with E-state index < -0.39 is 0 Å². The van der Waals surface area contributed by atoms with Gasteiger partial charge >= 0.3 is 0 Å². The minimum atomic E-state index is 0.264. The second-order valence-electron chi connectivity index (χ2n) is 2.40. The van der Waals surface area contributed by atoms with Crippen LogP contribution in [0.2, 0.25) is 0 Å². The van der Waals surface area contributed by atoms with E-state index in [-0.39, 0.29) is 5.76 Å². The largest absolute Gasteiger partial charge is 0.448 e. The molecule has 0 unspecified atom stereocenters. The van der Waals surface area contributed by atoms with Crippen LogP contribution in [0.15, 0.2) is 4.42 Å². The molecule has 4 nitrogen and oxygen atoms in total. The molecule has 4 heteroatoms. The smallest absolute Gasteiger partial charge is 0.219 e. The van der Waals surface area contributed by atoms with E-state index >= 15 is 0 Å². The van der Waals surface area contributed by atoms with E-state index in [2.05, 4.69) is 0 Å². The highest BCUT2D eigenvalue weighted by molar-refractivity contribution is 5.82. The Balaban J connectivity index is 2.14. The van der Waals surface area contributed by atoms with Crippen molar-refractivity contribution in [3.05, 3.63) is 11.5 Å². The lowest BCUT2D eigenvalue weighted by molar-refractivity contribution is 0.104. The highest BCUT2D eigenvalue weighted by Crippen LogP contribution is 2.52. The summed E-state index contributed by atoms with van der Waals surface area (Å²) in [4.78, 5) is 10.3. The molecule has 0 aliphatic carbocycles. The highest BCUT2D eigenvalue weighted by atomic mass is 16.6. The molecule has 0 N–H and O–H groups in total. The van der Waals surface area contributed by atoms with Crippen molar-refractivity contribution >= 4 is 6.29 Å². The maximum atomic E-state index is 10.3. The summed E-state index contributed by atoms with van der Waals surface area (Å²) in [6.07, 6.45) is 0.640. The number of aldehydes is 1. The molecule has 0 spiro atoms. The number of rotatable bonds is 4. The summed E-state index contributed by atoms with van der Waals surface area (Å²) in [5.74, 6) is 2.11. The Bertz CT molecular complexity index is 313. The van der Waals surface area contributed by atoms with Crippen LogP contribution < -0.4 is 4.74 Å². The van der Waals surface area contributed by atoms with Gasteiger partial charge in [-0.3, -0.25) is 4.79 Å². The van der Waals surface area contributed by atoms with E-state index in [1.165, 1.54) is 0 Å². The van der Waals surface area contributed by atoms with E-state index in [4.69, 9.17) is 13.9 Å². The van der Waals surface area contributed by atoms with Crippen molar-refractivity contribution in [1.29, 1.82) is 0 Å². The zero-order chi connectivity index (χ0) is 8.55. The van der Waals surface area contributed by atoms with E-state index in [1.807, 2.05) is 6.92 Å². The van der Waals surface area contributed by atoms with Crippen molar-refractivity contribution in [2.45, 2.75) is 13.5 Å². The molecule has 0 saturated carbocycles. The van der Waals surface area contributed by atoms with Gasteiger partial charge in [0.05, 0.1) is 0 Å². The van der Waals surface area contributed by atoms with Crippen molar-refractivity contribution in [1.82, 2.24) is 0 Å². The fraction of sp³-hybridized carbons (Fsp3) is 0.375. The van der Waals surface area contributed by atoms with Crippen LogP contribution in [-0.4, -0.2) is 12.9 Å². The SMILES string of the molecule is CCOCc1oc(C=O)c2c1O2. The van der Waals surface area contributed by atoms with Crippen molar-refractivity contribution in [2.75, 3.05) is 6.61 Å². The fourth-order valence-corrected chi connectivity index (χ4v) is 1.02. The van der Waals surface area contributed by atoms with Crippen molar-refractivity contribution < 1.29 is 18.7 Å². The van der Waals surface area contributed by atoms with Gasteiger partial charge in [0.2, 0.25) is 17.3 Å². The van der Waals surface area contributed by atoms with E-state index in [1.54, 1.807) is 0 Å². The number of ether oxygens (including phenoxy) is 2. The molecular formula is C8H8O4. The third kappa shape index (κ3) is 1.00. The standard InChI is InChI=1S/C8H8O4/c1-2-10-4-6-8-7(12-8)5(3-9)11-6/h3H,2,4H2,1H3. The first-order chi connectivity index (χ1) is 5.86. The van der Waals surface area contributed by atoms with Gasteiger partial charge in [-0.15, -0.1) is 0 Å². The minimum absolute atomic E-state index is 0.264. The molecule has 1 aliphatic heterocycles. The second kappa shape index (κ2) is 2.64. The van der Waals surface area contributed by atoms with E-state index in [0.29, 0.717) is 36.8 Å². The summed E-state index contributed by atoms with van der Waals surface area (Å²) in [6, 6.07) is 0. The molecule has 0 radical (unpaired) electrons. The zero-order valence-electron chi connectivity index (χ0n) is 6.62. The van der Waals surface area contributed by atoms with Gasteiger partial charge in [0.25, 0.3) is 0 Å². The molecule has 0 fully saturated rings. The molecule has 0 saturated heterocycles. The fourth-order valence-electron chi connectivity index (χ4n) is 1.02. The summed E-state index contributed by atoms with van der Waals surface area (Å²) in [5.41, 5.74) is 0. The van der Waals surface area contributed by atoms with Crippen molar-refractivity contribution in [3.8, 4) is 11.5 Å². The normalized spacial score (nSPS) is 12.1. The summed E-state index contributed by atoms with van der Waals surface area (Å²) < 4.78 is 15.2. The van der Waals surface area contributed by atoms with Crippen LogP contribution in [0.25, 0.3) is 0 Å². The Labute approximate surface area is 69.1 Å². The Morgan fingerprint density at radius 3 is 2.92 bits per heavy atom. The van der Waals surface area contributed by atoms with Crippen LogP contribution in [-0.2, 0) is 11.3 Å². The molecule has 0 bridgehead atoms. The molecule has 0 atom stereocenters.